The molecule has 0 radical (unpaired) electrons. The van der Waals surface area contributed by atoms with Gasteiger partial charge in [0.05, 0.1) is 6.54 Å². The fourth-order valence-corrected chi connectivity index (χ4v) is 3.88. The molecule has 1 fully saturated rings. The molecule has 1 aromatic rings. The van der Waals surface area contributed by atoms with Crippen LogP contribution in [-0.4, -0.2) is 80.1 Å². The zero-order chi connectivity index (χ0) is 23.2. The number of rotatable bonds is 12. The summed E-state index contributed by atoms with van der Waals surface area (Å²) >= 11 is 0. The number of hydrogen-bond acceptors (Lipinski definition) is 4. The number of nitrogens with one attached hydrogen (secondary N) is 3. The SMILES string of the molecule is CCCNC(=O)CN1CCC(NC(=NCCC(C)N(C)Cc2ccccc2)NCC)CC1.I. The van der Waals surface area contributed by atoms with E-state index in [2.05, 4.69) is 83.9 Å². The fourth-order valence-electron chi connectivity index (χ4n) is 3.88. The van der Waals surface area contributed by atoms with Gasteiger partial charge in [0, 0.05) is 51.4 Å². The maximum absolute atomic E-state index is 11.9. The molecule has 1 amide bonds. The third-order valence-corrected chi connectivity index (χ3v) is 6.06. The topological polar surface area (TPSA) is 72.0 Å². The van der Waals surface area contributed by atoms with Gasteiger partial charge in [-0.25, -0.2) is 0 Å². The van der Waals surface area contributed by atoms with E-state index in [1.807, 2.05) is 0 Å². The van der Waals surface area contributed by atoms with Crippen LogP contribution in [0.4, 0.5) is 0 Å². The van der Waals surface area contributed by atoms with Crippen LogP contribution >= 0.6 is 24.0 Å². The lowest BCUT2D eigenvalue weighted by atomic mass is 10.1. The maximum atomic E-state index is 11.9. The smallest absolute Gasteiger partial charge is 0.234 e. The number of carbonyl (C=O) groups is 1. The Bertz CT molecular complexity index is 679. The van der Waals surface area contributed by atoms with Crippen LogP contribution in [0.15, 0.2) is 35.3 Å². The number of hydrogen-bond donors (Lipinski definition) is 3. The third-order valence-electron chi connectivity index (χ3n) is 6.06. The highest BCUT2D eigenvalue weighted by molar-refractivity contribution is 14.0. The number of guanidine groups is 1. The highest BCUT2D eigenvalue weighted by atomic mass is 127. The monoisotopic (exact) mass is 572 g/mol. The fraction of sp³-hybridized carbons (Fsp3) is 0.680. The Hall–Kier alpha value is -1.39. The van der Waals surface area contributed by atoms with Crippen molar-refractivity contribution in [3.63, 3.8) is 0 Å². The quantitative estimate of drug-likeness (QED) is 0.204. The normalized spacial score (nSPS) is 16.2. The Balaban J connectivity index is 0.00000544. The van der Waals surface area contributed by atoms with Crippen molar-refractivity contribution >= 4 is 35.8 Å². The number of nitrogens with zero attached hydrogens (tertiary/aromatic N) is 3. The van der Waals surface area contributed by atoms with Crippen molar-refractivity contribution in [2.75, 3.05) is 46.3 Å². The van der Waals surface area contributed by atoms with Gasteiger partial charge < -0.3 is 16.0 Å². The van der Waals surface area contributed by atoms with Crippen molar-refractivity contribution in [2.45, 2.75) is 65.1 Å². The van der Waals surface area contributed by atoms with Crippen LogP contribution in [0.5, 0.6) is 0 Å². The molecular weight excluding hydrogens is 527 g/mol. The second-order valence-electron chi connectivity index (χ2n) is 8.84. The molecule has 1 aliphatic heterocycles. The number of amides is 1. The number of aliphatic imine (C=N–C) groups is 1. The van der Waals surface area contributed by atoms with Gasteiger partial charge in [-0.1, -0.05) is 37.3 Å². The average Bonchev–Trinajstić information content (AvgIpc) is 2.79. The van der Waals surface area contributed by atoms with Crippen molar-refractivity contribution in [2.24, 2.45) is 4.99 Å². The third kappa shape index (κ3) is 12.0. The Labute approximate surface area is 218 Å². The van der Waals surface area contributed by atoms with Crippen LogP contribution in [-0.2, 0) is 11.3 Å². The molecular formula is C25H45IN6O. The summed E-state index contributed by atoms with van der Waals surface area (Å²) in [7, 11) is 2.18. The van der Waals surface area contributed by atoms with Crippen molar-refractivity contribution in [1.29, 1.82) is 0 Å². The van der Waals surface area contributed by atoms with Gasteiger partial charge in [0.2, 0.25) is 5.91 Å². The van der Waals surface area contributed by atoms with Crippen molar-refractivity contribution in [3.8, 4) is 0 Å². The lowest BCUT2D eigenvalue weighted by molar-refractivity contribution is -0.122. The van der Waals surface area contributed by atoms with Crippen LogP contribution in [0.25, 0.3) is 0 Å². The van der Waals surface area contributed by atoms with Crippen LogP contribution in [0.3, 0.4) is 0 Å². The van der Waals surface area contributed by atoms with E-state index in [-0.39, 0.29) is 29.9 Å². The van der Waals surface area contributed by atoms with Gasteiger partial charge in [-0.2, -0.15) is 0 Å². The highest BCUT2D eigenvalue weighted by Crippen LogP contribution is 2.11. The maximum Gasteiger partial charge on any atom is 0.234 e. The van der Waals surface area contributed by atoms with E-state index in [0.29, 0.717) is 18.6 Å². The zero-order valence-electron chi connectivity index (χ0n) is 21.0. The first kappa shape index (κ1) is 29.6. The molecule has 188 valence electrons. The first-order valence-corrected chi connectivity index (χ1v) is 12.3. The Morgan fingerprint density at radius 2 is 1.88 bits per heavy atom. The molecule has 0 bridgehead atoms. The largest absolute Gasteiger partial charge is 0.357 e. The van der Waals surface area contributed by atoms with E-state index in [1.165, 1.54) is 5.56 Å². The molecule has 0 aliphatic carbocycles. The molecule has 33 heavy (non-hydrogen) atoms. The van der Waals surface area contributed by atoms with Crippen molar-refractivity contribution in [1.82, 2.24) is 25.8 Å². The predicted octanol–water partition coefficient (Wildman–Crippen LogP) is 3.06. The van der Waals surface area contributed by atoms with Gasteiger partial charge in [0.15, 0.2) is 5.96 Å². The zero-order valence-corrected chi connectivity index (χ0v) is 23.3. The first-order chi connectivity index (χ1) is 15.5. The van der Waals surface area contributed by atoms with E-state index in [4.69, 9.17) is 4.99 Å². The summed E-state index contributed by atoms with van der Waals surface area (Å²) in [5.74, 6) is 1.05. The number of carbonyl (C=O) groups excluding carboxylic acids is 1. The minimum Gasteiger partial charge on any atom is -0.357 e. The molecule has 1 heterocycles. The molecule has 0 saturated carbocycles. The average molecular weight is 573 g/mol. The standard InChI is InChI=1S/C25H44N6O.HI/c1-5-15-27-24(32)20-31-17-13-23(14-18-31)29-25(26-6-2)28-16-12-21(3)30(4)19-22-10-8-7-9-11-22;/h7-11,21,23H,5-6,12-20H2,1-4H3,(H,27,32)(H2,26,28,29);1H. The van der Waals surface area contributed by atoms with Crippen LogP contribution in [0, 0.1) is 0 Å². The Morgan fingerprint density at radius 1 is 1.18 bits per heavy atom. The van der Waals surface area contributed by atoms with Gasteiger partial charge in [-0.15, -0.1) is 24.0 Å². The van der Waals surface area contributed by atoms with Crippen molar-refractivity contribution < 1.29 is 4.79 Å². The van der Waals surface area contributed by atoms with Gasteiger partial charge in [-0.3, -0.25) is 19.6 Å². The molecule has 1 aromatic carbocycles. The molecule has 0 spiro atoms. The van der Waals surface area contributed by atoms with Gasteiger partial charge in [0.1, 0.15) is 0 Å². The highest BCUT2D eigenvalue weighted by Gasteiger charge is 2.21. The van der Waals surface area contributed by atoms with Crippen LogP contribution in [0.2, 0.25) is 0 Å². The molecule has 3 N–H and O–H groups in total. The summed E-state index contributed by atoms with van der Waals surface area (Å²) in [6.07, 6.45) is 4.06. The molecule has 2 rings (SSSR count). The van der Waals surface area contributed by atoms with Gasteiger partial charge in [0.25, 0.3) is 0 Å². The lowest BCUT2D eigenvalue weighted by Crippen LogP contribution is -2.50. The summed E-state index contributed by atoms with van der Waals surface area (Å²) in [6.45, 7) is 12.2. The molecule has 1 unspecified atom stereocenters. The minimum atomic E-state index is 0. The van der Waals surface area contributed by atoms with Crippen molar-refractivity contribution in [3.05, 3.63) is 35.9 Å². The second kappa shape index (κ2) is 17.1. The molecule has 1 saturated heterocycles. The van der Waals surface area contributed by atoms with E-state index in [9.17, 15) is 4.79 Å². The molecule has 8 heteroatoms. The second-order valence-corrected chi connectivity index (χ2v) is 8.84. The summed E-state index contributed by atoms with van der Waals surface area (Å²) in [5.41, 5.74) is 1.34. The van der Waals surface area contributed by atoms with E-state index < -0.39 is 0 Å². The number of halogens is 1. The summed E-state index contributed by atoms with van der Waals surface area (Å²) < 4.78 is 0. The molecule has 7 nitrogen and oxygen atoms in total. The Morgan fingerprint density at radius 3 is 2.52 bits per heavy atom. The van der Waals surface area contributed by atoms with E-state index in [1.54, 1.807) is 0 Å². The summed E-state index contributed by atoms with van der Waals surface area (Å²) in [5, 5.41) is 9.96. The van der Waals surface area contributed by atoms with Crippen LogP contribution < -0.4 is 16.0 Å². The lowest BCUT2D eigenvalue weighted by Gasteiger charge is -2.32. The van der Waals surface area contributed by atoms with E-state index in [0.717, 1.165) is 70.9 Å². The minimum absolute atomic E-state index is 0. The Kier molecular flexibility index (Phi) is 15.4. The molecule has 1 aliphatic rings. The number of benzene rings is 1. The van der Waals surface area contributed by atoms with Gasteiger partial charge in [-0.05, 0) is 52.1 Å². The molecule has 0 aromatic heterocycles. The summed E-state index contributed by atoms with van der Waals surface area (Å²) in [4.78, 5) is 21.4. The van der Waals surface area contributed by atoms with E-state index >= 15 is 0 Å². The number of likely N-dealkylation sites (tertiary alicyclic amines) is 1. The number of piperidine rings is 1. The van der Waals surface area contributed by atoms with Crippen LogP contribution in [0.1, 0.15) is 52.0 Å². The molecule has 1 atom stereocenters. The predicted molar refractivity (Wildman–Crippen MR) is 149 cm³/mol. The summed E-state index contributed by atoms with van der Waals surface area (Å²) in [6, 6.07) is 11.5. The first-order valence-electron chi connectivity index (χ1n) is 12.3. The van der Waals surface area contributed by atoms with Gasteiger partial charge >= 0.3 is 0 Å².